The van der Waals surface area contributed by atoms with Gasteiger partial charge in [0.05, 0.1) is 22.0 Å². The summed E-state index contributed by atoms with van der Waals surface area (Å²) in [6.07, 6.45) is 0. The number of aliphatic carboxylic acids is 2. The van der Waals surface area contributed by atoms with E-state index in [0.29, 0.717) is 0 Å². The van der Waals surface area contributed by atoms with Gasteiger partial charge in [0, 0.05) is 0 Å². The summed E-state index contributed by atoms with van der Waals surface area (Å²) in [5.41, 5.74) is 0. The van der Waals surface area contributed by atoms with Crippen LogP contribution >= 0.6 is 23.2 Å². The quantitative estimate of drug-likeness (QED) is 0.481. The van der Waals surface area contributed by atoms with Gasteiger partial charge < -0.3 is 19.8 Å². The van der Waals surface area contributed by atoms with Crippen molar-refractivity contribution in [3.8, 4) is 0 Å². The van der Waals surface area contributed by atoms with E-state index in [9.17, 15) is 19.8 Å². The minimum atomic E-state index is -1.42. The molecule has 0 unspecified atom stereocenters. The van der Waals surface area contributed by atoms with Crippen LogP contribution in [0.2, 0.25) is 0 Å². The third-order valence-corrected chi connectivity index (χ3v) is 0.752. The van der Waals surface area contributed by atoms with Gasteiger partial charge in [-0.2, -0.15) is 0 Å². The summed E-state index contributed by atoms with van der Waals surface area (Å²) in [5.74, 6) is -2.84. The summed E-state index contributed by atoms with van der Waals surface area (Å²) in [6.45, 7) is 5.72. The Morgan fingerprint density at radius 2 is 1.00 bits per heavy atom. The second-order valence-corrected chi connectivity index (χ2v) is 2.30. The number of carboxylic acids is 2. The zero-order valence-corrected chi connectivity index (χ0v) is 12.1. The molecule has 0 heterocycles. The van der Waals surface area contributed by atoms with Gasteiger partial charge in [0.25, 0.3) is 0 Å². The number of carbonyl (C=O) groups is 2. The Hall–Kier alpha value is -0.0779. The van der Waals surface area contributed by atoms with Crippen LogP contribution in [-0.2, 0) is 36.9 Å². The Morgan fingerprint density at radius 3 is 1.00 bits per heavy atom. The van der Waals surface area contributed by atoms with E-state index in [1.807, 2.05) is 0 Å². The molecule has 68 valence electrons. The van der Waals surface area contributed by atoms with Crippen LogP contribution in [0, 0.1) is 0 Å². The Labute approximate surface area is 105 Å². The molecular weight excluding hydrogens is 319 g/mol. The molecule has 0 rings (SSSR count). The number of halogens is 2. The molecule has 13 heavy (non-hydrogen) atoms. The predicted molar refractivity (Wildman–Crippen MR) is 40.0 cm³/mol. The summed E-state index contributed by atoms with van der Waals surface area (Å²) in [6, 6.07) is 0. The van der Waals surface area contributed by atoms with E-state index in [-0.39, 0.29) is 27.3 Å². The fraction of sp³-hybridized carbons (Fsp3) is 0. The molecule has 0 fully saturated rings. The maximum atomic E-state index is 9.36. The summed E-state index contributed by atoms with van der Waals surface area (Å²) in [5, 5.41) is 17.8. The van der Waals surface area contributed by atoms with Crippen LogP contribution in [0.15, 0.2) is 23.2 Å². The molecule has 0 aromatic heterocycles. The van der Waals surface area contributed by atoms with Crippen molar-refractivity contribution in [2.45, 2.75) is 0 Å². The average molecular weight is 323 g/mol. The second-order valence-electron chi connectivity index (χ2n) is 1.38. The van der Waals surface area contributed by atoms with Crippen molar-refractivity contribution >= 4 is 35.1 Å². The van der Waals surface area contributed by atoms with Crippen molar-refractivity contribution in [3.05, 3.63) is 23.2 Å². The van der Waals surface area contributed by atoms with Crippen molar-refractivity contribution in [2.24, 2.45) is 0 Å². The number of carbonyl (C=O) groups excluding carboxylic acids is 2. The van der Waals surface area contributed by atoms with Crippen molar-refractivity contribution in [2.75, 3.05) is 0 Å². The Kier molecular flexibility index (Phi) is 14.4. The summed E-state index contributed by atoms with van der Waals surface area (Å²) in [7, 11) is 0. The van der Waals surface area contributed by atoms with Gasteiger partial charge in [0.1, 0.15) is 0 Å². The maximum absolute atomic E-state index is 9.36. The van der Waals surface area contributed by atoms with Crippen molar-refractivity contribution < 1.29 is 47.1 Å². The zero-order chi connectivity index (χ0) is 10.3. The van der Waals surface area contributed by atoms with Gasteiger partial charge in [-0.25, -0.2) is 0 Å². The summed E-state index contributed by atoms with van der Waals surface area (Å²) in [4.78, 5) is 18.7. The first-order chi connectivity index (χ1) is 5.29. The van der Waals surface area contributed by atoms with Gasteiger partial charge in [-0.05, 0) is 0 Å². The average Bonchev–Trinajstić information content (AvgIpc) is 1.88. The summed E-state index contributed by atoms with van der Waals surface area (Å²) >= 11 is 9.51. The van der Waals surface area contributed by atoms with Crippen molar-refractivity contribution in [3.63, 3.8) is 0 Å². The van der Waals surface area contributed by atoms with E-state index in [4.69, 9.17) is 23.2 Å². The first-order valence-corrected chi connectivity index (χ1v) is 3.16. The van der Waals surface area contributed by atoms with Crippen LogP contribution in [0.3, 0.4) is 0 Å². The molecule has 0 aromatic carbocycles. The number of hydrogen-bond donors (Lipinski definition) is 0. The Bertz CT molecular complexity index is 179. The fourth-order valence-electron chi connectivity index (χ4n) is 0. The van der Waals surface area contributed by atoms with Crippen molar-refractivity contribution in [1.82, 2.24) is 0 Å². The zero-order valence-electron chi connectivity index (χ0n) is 6.51. The van der Waals surface area contributed by atoms with E-state index in [1.165, 1.54) is 0 Å². The number of rotatable bonds is 2. The molecule has 0 spiro atoms. The molecule has 0 bridgehead atoms. The number of hydrogen-bond acceptors (Lipinski definition) is 4. The molecule has 0 aliphatic heterocycles. The first kappa shape index (κ1) is 18.7. The maximum Gasteiger partial charge on any atom is 2.00 e. The van der Waals surface area contributed by atoms with Crippen LogP contribution < -0.4 is 10.2 Å². The molecule has 0 atom stereocenters. The van der Waals surface area contributed by atoms with Crippen LogP contribution in [-0.4, -0.2) is 11.9 Å². The van der Waals surface area contributed by atoms with Crippen molar-refractivity contribution in [1.29, 1.82) is 0 Å². The molecule has 0 aliphatic carbocycles. The second kappa shape index (κ2) is 10.0. The largest absolute Gasteiger partial charge is 2.00 e. The van der Waals surface area contributed by atoms with Gasteiger partial charge >= 0.3 is 27.3 Å². The fourth-order valence-corrected chi connectivity index (χ4v) is 0. The minimum absolute atomic E-state index is 0. The molecule has 0 N–H and O–H groups in total. The van der Waals surface area contributed by atoms with Crippen LogP contribution in [0.4, 0.5) is 0 Å². The van der Waals surface area contributed by atoms with E-state index >= 15 is 0 Å². The molecule has 0 saturated heterocycles. The standard InChI is InChI=1S/2C3H3ClO2.Cd/c2*1-2(4)3(5)6;/h2*1H2,(H,5,6);/q;;+2/p-2. The molecule has 4 nitrogen and oxygen atoms in total. The van der Waals surface area contributed by atoms with E-state index in [0.717, 1.165) is 0 Å². The normalized spacial score (nSPS) is 6.92. The molecule has 0 radical (unpaired) electrons. The third kappa shape index (κ3) is 18.7. The van der Waals surface area contributed by atoms with E-state index in [2.05, 4.69) is 13.2 Å². The predicted octanol–water partition coefficient (Wildman–Crippen LogP) is -1.02. The van der Waals surface area contributed by atoms with Gasteiger partial charge in [0.15, 0.2) is 0 Å². The van der Waals surface area contributed by atoms with Gasteiger partial charge in [-0.3, -0.25) is 0 Å². The van der Waals surface area contributed by atoms with Crippen LogP contribution in [0.25, 0.3) is 0 Å². The van der Waals surface area contributed by atoms with Crippen LogP contribution in [0.1, 0.15) is 0 Å². The smallest absolute Gasteiger partial charge is 0.544 e. The van der Waals surface area contributed by atoms with Gasteiger partial charge in [-0.1, -0.05) is 36.4 Å². The van der Waals surface area contributed by atoms with Gasteiger partial charge in [0.2, 0.25) is 0 Å². The van der Waals surface area contributed by atoms with Gasteiger partial charge in [-0.15, -0.1) is 0 Å². The van der Waals surface area contributed by atoms with E-state index < -0.39 is 22.0 Å². The third-order valence-electron chi connectivity index (χ3n) is 0.443. The molecule has 7 heteroatoms. The molecule has 0 amide bonds. The topological polar surface area (TPSA) is 80.3 Å². The monoisotopic (exact) mass is 324 g/mol. The molecule has 0 aliphatic rings. The minimum Gasteiger partial charge on any atom is -0.544 e. The number of carboxylic acid groups (broad SMARTS) is 2. The molecule has 0 saturated carbocycles. The van der Waals surface area contributed by atoms with E-state index in [1.54, 1.807) is 0 Å². The molecular formula is C6H4CdCl2O4. The SMILES string of the molecule is C=C(Cl)C(=O)[O-].C=C(Cl)C(=O)[O-].[Cd+2]. The Balaban J connectivity index is -0.000000143. The molecule has 0 aromatic rings. The van der Waals surface area contributed by atoms with Crippen LogP contribution in [0.5, 0.6) is 0 Å². The summed E-state index contributed by atoms with van der Waals surface area (Å²) < 4.78 is 0. The first-order valence-electron chi connectivity index (χ1n) is 2.40. The Morgan fingerprint density at radius 1 is 0.923 bits per heavy atom.